The first kappa shape index (κ1) is 14.6. The molecule has 0 aromatic carbocycles. The molecule has 1 N–H and O–H groups in total. The van der Waals surface area contributed by atoms with Crippen molar-refractivity contribution in [3.8, 4) is 0 Å². The molecular formula is C13H21NO2. The molecule has 1 unspecified atom stereocenters. The SMILES string of the molecule is C=CC=C(C(C)=CCC)C(C(=O)O)N(C)C. The molecule has 3 nitrogen and oxygen atoms in total. The lowest BCUT2D eigenvalue weighted by atomic mass is 9.97. The Bertz CT molecular complexity index is 314. The minimum absolute atomic E-state index is 0.624. The Morgan fingerprint density at radius 1 is 1.50 bits per heavy atom. The van der Waals surface area contributed by atoms with E-state index in [2.05, 4.69) is 6.58 Å². The Labute approximate surface area is 97.8 Å². The fourth-order valence-corrected chi connectivity index (χ4v) is 1.62. The van der Waals surface area contributed by atoms with Crippen LogP contribution in [0.5, 0.6) is 0 Å². The van der Waals surface area contributed by atoms with Crippen LogP contribution in [0.15, 0.2) is 36.0 Å². The number of hydrogen-bond donors (Lipinski definition) is 1. The molecular weight excluding hydrogens is 202 g/mol. The molecule has 0 aromatic rings. The zero-order valence-corrected chi connectivity index (χ0v) is 10.5. The van der Waals surface area contributed by atoms with Crippen LogP contribution in [0.25, 0.3) is 0 Å². The number of hydrogen-bond acceptors (Lipinski definition) is 2. The molecule has 0 aromatic heterocycles. The van der Waals surface area contributed by atoms with Gasteiger partial charge in [-0.15, -0.1) is 0 Å². The van der Waals surface area contributed by atoms with Crippen molar-refractivity contribution in [1.29, 1.82) is 0 Å². The molecule has 0 saturated heterocycles. The summed E-state index contributed by atoms with van der Waals surface area (Å²) in [6.07, 6.45) is 6.30. The number of aliphatic carboxylic acids is 1. The van der Waals surface area contributed by atoms with Gasteiger partial charge in [-0.1, -0.05) is 31.7 Å². The zero-order valence-electron chi connectivity index (χ0n) is 10.5. The molecule has 16 heavy (non-hydrogen) atoms. The quantitative estimate of drug-likeness (QED) is 0.703. The third kappa shape index (κ3) is 4.03. The van der Waals surface area contributed by atoms with Crippen molar-refractivity contribution in [3.63, 3.8) is 0 Å². The monoisotopic (exact) mass is 223 g/mol. The summed E-state index contributed by atoms with van der Waals surface area (Å²) in [7, 11) is 3.52. The summed E-state index contributed by atoms with van der Waals surface area (Å²) in [5.41, 5.74) is 1.78. The van der Waals surface area contributed by atoms with Gasteiger partial charge in [-0.3, -0.25) is 9.69 Å². The van der Waals surface area contributed by atoms with Crippen LogP contribution in [0.1, 0.15) is 20.3 Å². The summed E-state index contributed by atoms with van der Waals surface area (Å²) in [5.74, 6) is -0.845. The van der Waals surface area contributed by atoms with Crippen LogP contribution in [0.3, 0.4) is 0 Å². The van der Waals surface area contributed by atoms with Crippen LogP contribution in [0.2, 0.25) is 0 Å². The summed E-state index contributed by atoms with van der Waals surface area (Å²) in [6, 6.07) is -0.624. The summed E-state index contributed by atoms with van der Waals surface area (Å²) in [4.78, 5) is 12.9. The first-order chi connectivity index (χ1) is 7.45. The van der Waals surface area contributed by atoms with Crippen molar-refractivity contribution in [2.45, 2.75) is 26.3 Å². The lowest BCUT2D eigenvalue weighted by Crippen LogP contribution is -2.37. The number of likely N-dealkylation sites (N-methyl/N-ethyl adjacent to an activating group) is 1. The highest BCUT2D eigenvalue weighted by Gasteiger charge is 2.24. The van der Waals surface area contributed by atoms with E-state index in [4.69, 9.17) is 0 Å². The molecule has 1 atom stereocenters. The van der Waals surface area contributed by atoms with E-state index in [1.54, 1.807) is 31.1 Å². The number of allylic oxidation sites excluding steroid dienone is 3. The van der Waals surface area contributed by atoms with Gasteiger partial charge in [0, 0.05) is 0 Å². The molecule has 0 spiro atoms. The van der Waals surface area contributed by atoms with E-state index >= 15 is 0 Å². The fraction of sp³-hybridized carbons (Fsp3) is 0.462. The van der Waals surface area contributed by atoms with E-state index < -0.39 is 12.0 Å². The van der Waals surface area contributed by atoms with Gasteiger partial charge in [0.2, 0.25) is 0 Å². The van der Waals surface area contributed by atoms with Crippen LogP contribution in [-0.4, -0.2) is 36.1 Å². The minimum Gasteiger partial charge on any atom is -0.480 e. The Hall–Kier alpha value is -1.35. The maximum Gasteiger partial charge on any atom is 0.325 e. The molecule has 90 valence electrons. The van der Waals surface area contributed by atoms with Gasteiger partial charge in [0.1, 0.15) is 6.04 Å². The first-order valence-electron chi connectivity index (χ1n) is 5.34. The van der Waals surface area contributed by atoms with E-state index in [0.29, 0.717) is 0 Å². The Balaban J connectivity index is 5.33. The van der Waals surface area contributed by atoms with Gasteiger partial charge in [-0.2, -0.15) is 0 Å². The van der Waals surface area contributed by atoms with Crippen molar-refractivity contribution in [2.24, 2.45) is 0 Å². The third-order valence-electron chi connectivity index (χ3n) is 2.31. The molecule has 0 amide bonds. The molecule has 3 heteroatoms. The molecule has 0 aliphatic rings. The zero-order chi connectivity index (χ0) is 12.7. The van der Waals surface area contributed by atoms with Crippen LogP contribution in [-0.2, 0) is 4.79 Å². The Morgan fingerprint density at radius 2 is 2.06 bits per heavy atom. The van der Waals surface area contributed by atoms with E-state index in [1.807, 2.05) is 19.9 Å². The summed E-state index contributed by atoms with van der Waals surface area (Å²) in [6.45, 7) is 7.59. The average molecular weight is 223 g/mol. The summed E-state index contributed by atoms with van der Waals surface area (Å²) in [5, 5.41) is 9.21. The number of rotatable bonds is 6. The molecule has 0 rings (SSSR count). The number of carboxylic acid groups (broad SMARTS) is 1. The van der Waals surface area contributed by atoms with Crippen molar-refractivity contribution < 1.29 is 9.90 Å². The molecule has 0 bridgehead atoms. The molecule has 0 saturated carbocycles. The molecule has 0 aliphatic heterocycles. The van der Waals surface area contributed by atoms with Crippen molar-refractivity contribution in [1.82, 2.24) is 4.90 Å². The standard InChI is InChI=1S/C13H21NO2/c1-6-8-10(3)11(9-7-2)12(13(15)16)14(4)5/h7-9,12H,2,6H2,1,3-5H3,(H,15,16). The van der Waals surface area contributed by atoms with E-state index in [-0.39, 0.29) is 0 Å². The topological polar surface area (TPSA) is 40.5 Å². The smallest absolute Gasteiger partial charge is 0.325 e. The van der Waals surface area contributed by atoms with Gasteiger partial charge < -0.3 is 5.11 Å². The summed E-state index contributed by atoms with van der Waals surface area (Å²) >= 11 is 0. The average Bonchev–Trinajstić information content (AvgIpc) is 2.16. The summed E-state index contributed by atoms with van der Waals surface area (Å²) < 4.78 is 0. The number of carboxylic acids is 1. The van der Waals surface area contributed by atoms with Crippen molar-refractivity contribution in [2.75, 3.05) is 14.1 Å². The largest absolute Gasteiger partial charge is 0.480 e. The van der Waals surface area contributed by atoms with Gasteiger partial charge in [0.05, 0.1) is 0 Å². The second-order valence-electron chi connectivity index (χ2n) is 3.86. The Morgan fingerprint density at radius 3 is 2.38 bits per heavy atom. The number of nitrogens with zero attached hydrogens (tertiary/aromatic N) is 1. The highest BCUT2D eigenvalue weighted by Crippen LogP contribution is 2.18. The van der Waals surface area contributed by atoms with Crippen LogP contribution in [0, 0.1) is 0 Å². The third-order valence-corrected chi connectivity index (χ3v) is 2.31. The second-order valence-corrected chi connectivity index (χ2v) is 3.86. The van der Waals surface area contributed by atoms with E-state index in [9.17, 15) is 9.90 Å². The fourth-order valence-electron chi connectivity index (χ4n) is 1.62. The maximum absolute atomic E-state index is 11.2. The van der Waals surface area contributed by atoms with Gasteiger partial charge >= 0.3 is 5.97 Å². The normalized spacial score (nSPS) is 15.1. The van der Waals surface area contributed by atoms with Gasteiger partial charge in [0.25, 0.3) is 0 Å². The number of carbonyl (C=O) groups is 1. The molecule has 0 fully saturated rings. The van der Waals surface area contributed by atoms with Crippen LogP contribution in [0.4, 0.5) is 0 Å². The second kappa shape index (κ2) is 7.01. The van der Waals surface area contributed by atoms with E-state index in [0.717, 1.165) is 17.6 Å². The highest BCUT2D eigenvalue weighted by atomic mass is 16.4. The lowest BCUT2D eigenvalue weighted by molar-refractivity contribution is -0.140. The molecule has 0 aliphatic carbocycles. The van der Waals surface area contributed by atoms with E-state index in [1.165, 1.54) is 0 Å². The maximum atomic E-state index is 11.2. The van der Waals surface area contributed by atoms with Gasteiger partial charge in [0.15, 0.2) is 0 Å². The molecule has 0 heterocycles. The highest BCUT2D eigenvalue weighted by molar-refractivity contribution is 5.79. The van der Waals surface area contributed by atoms with Crippen molar-refractivity contribution >= 4 is 5.97 Å². The minimum atomic E-state index is -0.845. The van der Waals surface area contributed by atoms with Crippen LogP contribution >= 0.6 is 0 Å². The first-order valence-corrected chi connectivity index (χ1v) is 5.34. The van der Waals surface area contributed by atoms with Gasteiger partial charge in [-0.05, 0) is 38.6 Å². The van der Waals surface area contributed by atoms with Crippen molar-refractivity contribution in [3.05, 3.63) is 36.0 Å². The van der Waals surface area contributed by atoms with Crippen LogP contribution < -0.4 is 0 Å². The van der Waals surface area contributed by atoms with Gasteiger partial charge in [-0.25, -0.2) is 0 Å². The Kier molecular flexibility index (Phi) is 6.42. The predicted octanol–water partition coefficient (Wildman–Crippen LogP) is 2.47. The lowest BCUT2D eigenvalue weighted by Gasteiger charge is -2.23. The molecule has 0 radical (unpaired) electrons. The predicted molar refractivity (Wildman–Crippen MR) is 67.4 cm³/mol.